The Morgan fingerprint density at radius 3 is 2.51 bits per heavy atom. The van der Waals surface area contributed by atoms with Crippen molar-refractivity contribution in [1.82, 2.24) is 10.3 Å². The molecule has 1 fully saturated rings. The first-order valence-corrected chi connectivity index (χ1v) is 13.9. The maximum Gasteiger partial charge on any atom is 0.391 e. The van der Waals surface area contributed by atoms with Crippen molar-refractivity contribution < 1.29 is 23.6 Å². The standard InChI is InChI=1S/C25H26N3O5PS/c1-26-24(29)15-8-10-18(11-9-15)27-25-28-20-7-3-6-19(23(20)35-25)16-4-2-5-17(14-16)21-12-13-22(33-21)34(30,31)32/h2-7,12-15,18H,8-11H2,1H3,(H,26,29)(H,27,28)(H2,30,31,32). The van der Waals surface area contributed by atoms with Gasteiger partial charge in [-0.15, -0.1) is 0 Å². The lowest BCUT2D eigenvalue weighted by Crippen LogP contribution is -2.34. The quantitative estimate of drug-likeness (QED) is 0.276. The molecule has 0 spiro atoms. The van der Waals surface area contributed by atoms with Gasteiger partial charge in [0, 0.05) is 30.1 Å². The smallest absolute Gasteiger partial charge is 0.391 e. The molecular formula is C25H26N3O5PS. The number of hydrogen-bond donors (Lipinski definition) is 4. The summed E-state index contributed by atoms with van der Waals surface area (Å²) in [5.41, 5.74) is 3.28. The first-order valence-electron chi connectivity index (χ1n) is 11.5. The van der Waals surface area contributed by atoms with Crippen LogP contribution in [0.4, 0.5) is 5.13 Å². The van der Waals surface area contributed by atoms with Gasteiger partial charge in [0.25, 0.3) is 0 Å². The van der Waals surface area contributed by atoms with Crippen molar-refractivity contribution in [3.05, 3.63) is 54.6 Å². The van der Waals surface area contributed by atoms with Crippen molar-refractivity contribution in [2.24, 2.45) is 5.92 Å². The second-order valence-electron chi connectivity index (χ2n) is 8.74. The number of fused-ring (bicyclic) bond motifs is 1. The van der Waals surface area contributed by atoms with E-state index in [0.29, 0.717) is 11.8 Å². The second-order valence-corrected chi connectivity index (χ2v) is 11.3. The lowest BCUT2D eigenvalue weighted by atomic mass is 9.85. The largest absolute Gasteiger partial charge is 0.448 e. The predicted molar refractivity (Wildman–Crippen MR) is 138 cm³/mol. The van der Waals surface area contributed by atoms with Crippen LogP contribution in [-0.2, 0) is 9.36 Å². The number of nitrogens with zero attached hydrogens (tertiary/aromatic N) is 1. The van der Waals surface area contributed by atoms with Gasteiger partial charge in [-0.25, -0.2) is 4.98 Å². The van der Waals surface area contributed by atoms with Gasteiger partial charge < -0.3 is 24.8 Å². The van der Waals surface area contributed by atoms with Gasteiger partial charge in [-0.1, -0.05) is 41.7 Å². The Morgan fingerprint density at radius 1 is 1.06 bits per heavy atom. The van der Waals surface area contributed by atoms with E-state index in [2.05, 4.69) is 10.6 Å². The SMILES string of the molecule is CNC(=O)C1CCC(Nc2nc3cccc(-c4cccc(-c5ccc(P(=O)(O)O)o5)c4)c3s2)CC1. The van der Waals surface area contributed by atoms with E-state index in [0.717, 1.165) is 57.7 Å². The highest BCUT2D eigenvalue weighted by molar-refractivity contribution is 7.59. The number of benzene rings is 2. The Morgan fingerprint density at radius 2 is 1.80 bits per heavy atom. The highest BCUT2D eigenvalue weighted by Crippen LogP contribution is 2.39. The average molecular weight is 512 g/mol. The Bertz CT molecular complexity index is 1420. The van der Waals surface area contributed by atoms with Crippen molar-refractivity contribution >= 4 is 45.7 Å². The van der Waals surface area contributed by atoms with E-state index < -0.39 is 7.60 Å². The molecule has 4 N–H and O–H groups in total. The molecule has 8 nitrogen and oxygen atoms in total. The van der Waals surface area contributed by atoms with Crippen LogP contribution in [-0.4, -0.2) is 33.8 Å². The third kappa shape index (κ3) is 5.04. The fourth-order valence-corrected chi connectivity index (χ4v) is 6.16. The zero-order valence-electron chi connectivity index (χ0n) is 19.1. The van der Waals surface area contributed by atoms with Crippen LogP contribution in [0.1, 0.15) is 25.7 Å². The van der Waals surface area contributed by atoms with Crippen LogP contribution in [0.2, 0.25) is 0 Å². The molecule has 0 radical (unpaired) electrons. The van der Waals surface area contributed by atoms with Gasteiger partial charge in [-0.05, 0) is 55.5 Å². The number of amides is 1. The van der Waals surface area contributed by atoms with E-state index in [1.807, 2.05) is 42.5 Å². The zero-order valence-corrected chi connectivity index (χ0v) is 20.8. The van der Waals surface area contributed by atoms with Gasteiger partial charge in [0.15, 0.2) is 5.13 Å². The van der Waals surface area contributed by atoms with E-state index in [1.54, 1.807) is 24.5 Å². The van der Waals surface area contributed by atoms with Gasteiger partial charge in [-0.2, -0.15) is 0 Å². The summed E-state index contributed by atoms with van der Waals surface area (Å²) in [5.74, 6) is 0.624. The highest BCUT2D eigenvalue weighted by atomic mass is 32.1. The van der Waals surface area contributed by atoms with E-state index in [1.165, 1.54) is 6.07 Å². The number of carbonyl (C=O) groups is 1. The van der Waals surface area contributed by atoms with Gasteiger partial charge in [-0.3, -0.25) is 9.36 Å². The van der Waals surface area contributed by atoms with Crippen molar-refractivity contribution in [2.75, 3.05) is 12.4 Å². The third-order valence-corrected chi connectivity index (χ3v) is 8.27. The number of hydrogen-bond acceptors (Lipinski definition) is 6. The summed E-state index contributed by atoms with van der Waals surface area (Å²) in [6.45, 7) is 0. The van der Waals surface area contributed by atoms with E-state index in [-0.39, 0.29) is 17.3 Å². The van der Waals surface area contributed by atoms with Gasteiger partial charge in [0.2, 0.25) is 11.4 Å². The molecule has 2 aromatic heterocycles. The van der Waals surface area contributed by atoms with E-state index >= 15 is 0 Å². The van der Waals surface area contributed by atoms with Crippen molar-refractivity contribution in [2.45, 2.75) is 31.7 Å². The number of rotatable bonds is 6. The molecule has 1 saturated carbocycles. The summed E-state index contributed by atoms with van der Waals surface area (Å²) in [6.07, 6.45) is 3.61. The molecule has 0 unspecified atom stereocenters. The fourth-order valence-electron chi connectivity index (χ4n) is 4.60. The topological polar surface area (TPSA) is 125 Å². The Hall–Kier alpha value is -2.97. The van der Waals surface area contributed by atoms with Crippen LogP contribution >= 0.6 is 18.9 Å². The lowest BCUT2D eigenvalue weighted by molar-refractivity contribution is -0.125. The molecule has 2 heterocycles. The van der Waals surface area contributed by atoms with Gasteiger partial charge in [0.1, 0.15) is 5.76 Å². The Labute approximate surface area is 206 Å². The molecular weight excluding hydrogens is 485 g/mol. The summed E-state index contributed by atoms with van der Waals surface area (Å²) >= 11 is 1.61. The Balaban J connectivity index is 1.38. The monoisotopic (exact) mass is 511 g/mol. The number of aromatic nitrogens is 1. The molecule has 5 rings (SSSR count). The molecule has 0 atom stereocenters. The molecule has 35 heavy (non-hydrogen) atoms. The minimum Gasteiger partial charge on any atom is -0.448 e. The summed E-state index contributed by atoms with van der Waals surface area (Å²) in [7, 11) is -2.75. The average Bonchev–Trinajstić information content (AvgIpc) is 3.51. The maximum atomic E-state index is 11.9. The van der Waals surface area contributed by atoms with Crippen molar-refractivity contribution in [3.8, 4) is 22.5 Å². The zero-order chi connectivity index (χ0) is 24.6. The normalized spacial score (nSPS) is 18.5. The number of anilines is 1. The number of furan rings is 1. The van der Waals surface area contributed by atoms with Crippen LogP contribution in [0.15, 0.2) is 59.0 Å². The first-order chi connectivity index (χ1) is 16.8. The number of thiazole rings is 1. The molecule has 4 aromatic rings. The summed E-state index contributed by atoms with van der Waals surface area (Å²) < 4.78 is 18.0. The first kappa shape index (κ1) is 23.8. The van der Waals surface area contributed by atoms with Gasteiger partial charge >= 0.3 is 7.60 Å². The molecule has 1 aliphatic rings. The fraction of sp³-hybridized carbons (Fsp3) is 0.280. The van der Waals surface area contributed by atoms with Gasteiger partial charge in [0.05, 0.1) is 10.2 Å². The number of carbonyl (C=O) groups excluding carboxylic acids is 1. The second kappa shape index (κ2) is 9.59. The molecule has 0 aliphatic heterocycles. The van der Waals surface area contributed by atoms with Crippen molar-refractivity contribution in [3.63, 3.8) is 0 Å². The minimum absolute atomic E-state index is 0.0965. The van der Waals surface area contributed by atoms with E-state index in [9.17, 15) is 19.1 Å². The highest BCUT2D eigenvalue weighted by Gasteiger charge is 2.26. The predicted octanol–water partition coefficient (Wildman–Crippen LogP) is 4.74. The van der Waals surface area contributed by atoms with Crippen LogP contribution < -0.4 is 16.1 Å². The number of nitrogens with one attached hydrogen (secondary N) is 2. The van der Waals surface area contributed by atoms with Crippen LogP contribution in [0.5, 0.6) is 0 Å². The minimum atomic E-state index is -4.44. The third-order valence-electron chi connectivity index (χ3n) is 6.42. The summed E-state index contributed by atoms with van der Waals surface area (Å²) in [6, 6.07) is 16.9. The summed E-state index contributed by atoms with van der Waals surface area (Å²) in [5, 5.41) is 7.18. The van der Waals surface area contributed by atoms with Crippen molar-refractivity contribution in [1.29, 1.82) is 0 Å². The lowest BCUT2D eigenvalue weighted by Gasteiger charge is -2.27. The molecule has 10 heteroatoms. The molecule has 1 amide bonds. The molecule has 0 saturated heterocycles. The van der Waals surface area contributed by atoms with Crippen LogP contribution in [0.25, 0.3) is 32.7 Å². The molecule has 1 aliphatic carbocycles. The molecule has 0 bridgehead atoms. The maximum absolute atomic E-state index is 11.9. The Kier molecular flexibility index (Phi) is 6.51. The molecule has 2 aromatic carbocycles. The van der Waals surface area contributed by atoms with E-state index in [4.69, 9.17) is 9.40 Å². The van der Waals surface area contributed by atoms with Crippen LogP contribution in [0, 0.1) is 5.92 Å². The van der Waals surface area contributed by atoms with Crippen LogP contribution in [0.3, 0.4) is 0 Å². The molecule has 182 valence electrons. The summed E-state index contributed by atoms with van der Waals surface area (Å²) in [4.78, 5) is 35.4.